The number of nitrogens with one attached hydrogen (secondary N) is 1. The van der Waals surface area contributed by atoms with Crippen molar-refractivity contribution in [2.24, 2.45) is 0 Å². The van der Waals surface area contributed by atoms with E-state index in [0.717, 1.165) is 17.8 Å². The van der Waals surface area contributed by atoms with Crippen LogP contribution in [0.1, 0.15) is 34.5 Å². The number of thiophene rings is 1. The number of aromatic carboxylic acids is 1. The van der Waals surface area contributed by atoms with Gasteiger partial charge in [0.05, 0.1) is 23.3 Å². The molecule has 2 heterocycles. The highest BCUT2D eigenvalue weighted by Gasteiger charge is 2.31. The van der Waals surface area contributed by atoms with Crippen LogP contribution in [0.2, 0.25) is 0 Å². The number of benzene rings is 1. The summed E-state index contributed by atoms with van der Waals surface area (Å²) in [6, 6.07) is 4.22. The maximum atomic E-state index is 14.1. The molecule has 1 aliphatic carbocycles. The van der Waals surface area contributed by atoms with E-state index in [1.54, 1.807) is 27.2 Å². The summed E-state index contributed by atoms with van der Waals surface area (Å²) in [5, 5.41) is 13.2. The number of fused-ring (bicyclic) bond motifs is 1. The highest BCUT2D eigenvalue weighted by Crippen LogP contribution is 2.37. The number of carboxylic acids is 1. The first-order valence-electron chi connectivity index (χ1n) is 10.2. The Morgan fingerprint density at radius 2 is 1.84 bits per heavy atom. The third-order valence-corrected chi connectivity index (χ3v) is 6.84. The average Bonchev–Trinajstić information content (AvgIpc) is 3.13. The SMILES string of the molecule is CO[C@@H]1C[C@H](OC)C[C@H](Oc2cc(F)ccc2Nc2ncnc3sc(C(=O)O)c(C)c23)C1. The average molecular weight is 462 g/mol. The Kier molecular flexibility index (Phi) is 6.54. The molecule has 1 saturated carbocycles. The fourth-order valence-electron chi connectivity index (χ4n) is 4.02. The zero-order valence-electron chi connectivity index (χ0n) is 17.9. The van der Waals surface area contributed by atoms with E-state index >= 15 is 0 Å². The van der Waals surface area contributed by atoms with Crippen LogP contribution in [-0.4, -0.2) is 53.6 Å². The van der Waals surface area contributed by atoms with Gasteiger partial charge in [-0.3, -0.25) is 0 Å². The summed E-state index contributed by atoms with van der Waals surface area (Å²) in [4.78, 5) is 20.8. The van der Waals surface area contributed by atoms with Crippen molar-refractivity contribution in [1.82, 2.24) is 9.97 Å². The van der Waals surface area contributed by atoms with Crippen molar-refractivity contribution in [1.29, 1.82) is 0 Å². The number of aromatic nitrogens is 2. The summed E-state index contributed by atoms with van der Waals surface area (Å²) in [6.45, 7) is 1.72. The molecular weight excluding hydrogens is 437 g/mol. The molecule has 10 heteroatoms. The van der Waals surface area contributed by atoms with Gasteiger partial charge in [-0.25, -0.2) is 19.2 Å². The Labute approximate surface area is 188 Å². The third-order valence-electron chi connectivity index (χ3n) is 5.66. The maximum absolute atomic E-state index is 14.1. The molecule has 3 atom stereocenters. The number of hydrogen-bond acceptors (Lipinski definition) is 8. The van der Waals surface area contributed by atoms with E-state index < -0.39 is 11.8 Å². The lowest BCUT2D eigenvalue weighted by molar-refractivity contribution is -0.0498. The van der Waals surface area contributed by atoms with Crippen LogP contribution in [0.5, 0.6) is 5.75 Å². The molecule has 2 aromatic heterocycles. The summed E-state index contributed by atoms with van der Waals surface area (Å²) in [7, 11) is 3.31. The molecule has 0 aliphatic heterocycles. The van der Waals surface area contributed by atoms with Gasteiger partial charge < -0.3 is 24.6 Å². The Morgan fingerprint density at radius 1 is 1.16 bits per heavy atom. The molecule has 2 N–H and O–H groups in total. The van der Waals surface area contributed by atoms with Gasteiger partial charge in [-0.15, -0.1) is 11.3 Å². The first-order chi connectivity index (χ1) is 15.4. The van der Waals surface area contributed by atoms with Crippen LogP contribution in [0.15, 0.2) is 24.5 Å². The minimum absolute atomic E-state index is 0.00643. The lowest BCUT2D eigenvalue weighted by Crippen LogP contribution is -2.38. The van der Waals surface area contributed by atoms with Crippen molar-refractivity contribution in [2.45, 2.75) is 44.5 Å². The molecule has 4 rings (SSSR count). The van der Waals surface area contributed by atoms with E-state index in [4.69, 9.17) is 14.2 Å². The Bertz CT molecular complexity index is 1130. The van der Waals surface area contributed by atoms with Gasteiger partial charge in [0.25, 0.3) is 0 Å². The summed E-state index contributed by atoms with van der Waals surface area (Å²) in [6.07, 6.45) is 3.24. The van der Waals surface area contributed by atoms with Crippen molar-refractivity contribution in [2.75, 3.05) is 19.5 Å². The zero-order valence-corrected chi connectivity index (χ0v) is 18.7. The number of carboxylic acid groups (broad SMARTS) is 1. The Morgan fingerprint density at radius 3 is 2.50 bits per heavy atom. The fraction of sp³-hybridized carbons (Fsp3) is 0.409. The van der Waals surface area contributed by atoms with Gasteiger partial charge in [-0.05, 0) is 24.6 Å². The normalized spacial score (nSPS) is 20.9. The van der Waals surface area contributed by atoms with E-state index in [-0.39, 0.29) is 23.2 Å². The molecular formula is C22H24FN3O5S. The first-order valence-corrected chi connectivity index (χ1v) is 11.0. The second-order valence-corrected chi connectivity index (χ2v) is 8.69. The molecule has 3 aromatic rings. The topological polar surface area (TPSA) is 103 Å². The lowest BCUT2D eigenvalue weighted by atomic mass is 9.92. The van der Waals surface area contributed by atoms with Crippen molar-refractivity contribution in [3.63, 3.8) is 0 Å². The monoisotopic (exact) mass is 461 g/mol. The number of hydrogen-bond donors (Lipinski definition) is 2. The number of nitrogens with zero attached hydrogens (tertiary/aromatic N) is 2. The molecule has 8 nitrogen and oxygen atoms in total. The lowest BCUT2D eigenvalue weighted by Gasteiger charge is -2.34. The number of rotatable bonds is 7. The highest BCUT2D eigenvalue weighted by atomic mass is 32.1. The summed E-state index contributed by atoms with van der Waals surface area (Å²) < 4.78 is 31.3. The van der Waals surface area contributed by atoms with Crippen molar-refractivity contribution < 1.29 is 28.5 Å². The van der Waals surface area contributed by atoms with Gasteiger partial charge >= 0.3 is 5.97 Å². The smallest absolute Gasteiger partial charge is 0.346 e. The number of ether oxygens (including phenoxy) is 3. The number of aryl methyl sites for hydroxylation is 1. The van der Waals surface area contributed by atoms with E-state index in [9.17, 15) is 14.3 Å². The van der Waals surface area contributed by atoms with Gasteiger partial charge in [0, 0.05) is 39.5 Å². The molecule has 0 unspecified atom stereocenters. The van der Waals surface area contributed by atoms with E-state index in [1.165, 1.54) is 18.5 Å². The summed E-state index contributed by atoms with van der Waals surface area (Å²) >= 11 is 1.09. The van der Waals surface area contributed by atoms with Crippen LogP contribution in [0.4, 0.5) is 15.9 Å². The molecule has 0 saturated heterocycles. The summed E-state index contributed by atoms with van der Waals surface area (Å²) in [5.74, 6) is -0.679. The molecule has 1 aliphatic rings. The quantitative estimate of drug-likeness (QED) is 0.529. The van der Waals surface area contributed by atoms with Crippen molar-refractivity contribution >= 4 is 39.0 Å². The molecule has 1 aromatic carbocycles. The molecule has 0 bridgehead atoms. The Balaban J connectivity index is 1.66. The largest absolute Gasteiger partial charge is 0.488 e. The van der Waals surface area contributed by atoms with Crippen LogP contribution in [-0.2, 0) is 9.47 Å². The highest BCUT2D eigenvalue weighted by molar-refractivity contribution is 7.20. The number of halogens is 1. The van der Waals surface area contributed by atoms with E-state index in [1.807, 2.05) is 0 Å². The summed E-state index contributed by atoms with van der Waals surface area (Å²) in [5.41, 5.74) is 1.09. The number of methoxy groups -OCH3 is 2. The minimum Gasteiger partial charge on any atom is -0.488 e. The molecule has 170 valence electrons. The van der Waals surface area contributed by atoms with Crippen molar-refractivity contribution in [3.05, 3.63) is 40.8 Å². The van der Waals surface area contributed by atoms with Crippen LogP contribution in [0.25, 0.3) is 10.2 Å². The third kappa shape index (κ3) is 4.52. The van der Waals surface area contributed by atoms with Crippen LogP contribution in [0, 0.1) is 12.7 Å². The molecule has 32 heavy (non-hydrogen) atoms. The molecule has 0 radical (unpaired) electrons. The van der Waals surface area contributed by atoms with Crippen LogP contribution < -0.4 is 10.1 Å². The van der Waals surface area contributed by atoms with Gasteiger partial charge in [0.15, 0.2) is 0 Å². The molecule has 1 fully saturated rings. The second-order valence-electron chi connectivity index (χ2n) is 7.69. The maximum Gasteiger partial charge on any atom is 0.346 e. The van der Waals surface area contributed by atoms with Crippen LogP contribution in [0.3, 0.4) is 0 Å². The number of anilines is 2. The van der Waals surface area contributed by atoms with Crippen molar-refractivity contribution in [3.8, 4) is 5.75 Å². The second kappa shape index (κ2) is 9.35. The fourth-order valence-corrected chi connectivity index (χ4v) is 5.01. The first kappa shape index (κ1) is 22.4. The Hall–Kier alpha value is -2.82. The van der Waals surface area contributed by atoms with Gasteiger partial charge in [0.1, 0.15) is 39.5 Å². The van der Waals surface area contributed by atoms with Gasteiger partial charge in [0.2, 0.25) is 0 Å². The zero-order chi connectivity index (χ0) is 22.8. The van der Waals surface area contributed by atoms with Gasteiger partial charge in [-0.1, -0.05) is 0 Å². The van der Waals surface area contributed by atoms with E-state index in [0.29, 0.717) is 45.9 Å². The van der Waals surface area contributed by atoms with Gasteiger partial charge in [-0.2, -0.15) is 0 Å². The standard InChI is InChI=1S/C22H24FN3O5S/c1-11-18-20(24-10-25-21(18)32-19(11)22(27)28)26-16-5-4-12(23)6-17(16)31-15-8-13(29-2)7-14(9-15)30-3/h4-6,10,13-15H,7-9H2,1-3H3,(H,27,28)(H,24,25,26)/t13-,14+,15-. The predicted molar refractivity (Wildman–Crippen MR) is 119 cm³/mol. The molecule has 0 spiro atoms. The molecule has 0 amide bonds. The predicted octanol–water partition coefficient (Wildman–Crippen LogP) is 4.54. The van der Waals surface area contributed by atoms with E-state index in [2.05, 4.69) is 15.3 Å². The minimum atomic E-state index is -1.01. The number of carbonyl (C=O) groups is 1. The van der Waals surface area contributed by atoms with Crippen LogP contribution >= 0.6 is 11.3 Å².